The third-order valence-electron chi connectivity index (χ3n) is 4.61. The van der Waals surface area contributed by atoms with Crippen LogP contribution < -0.4 is 9.64 Å². The number of thiazole rings is 1. The molecule has 3 aromatic rings. The number of aromatic nitrogens is 1. The van der Waals surface area contributed by atoms with E-state index in [2.05, 4.69) is 11.8 Å². The summed E-state index contributed by atoms with van der Waals surface area (Å²) in [6, 6.07) is 15.4. The lowest BCUT2D eigenvalue weighted by Crippen LogP contribution is -2.33. The van der Waals surface area contributed by atoms with Crippen LogP contribution in [0.15, 0.2) is 48.5 Å². The second-order valence-corrected chi connectivity index (χ2v) is 8.31. The zero-order valence-corrected chi connectivity index (χ0v) is 18.2. The summed E-state index contributed by atoms with van der Waals surface area (Å²) in [5.41, 5.74) is 1.58. The van der Waals surface area contributed by atoms with Crippen molar-refractivity contribution in [2.24, 2.45) is 0 Å². The van der Waals surface area contributed by atoms with Gasteiger partial charge >= 0.3 is 0 Å². The van der Waals surface area contributed by atoms with Crippen LogP contribution in [0.5, 0.6) is 5.75 Å². The summed E-state index contributed by atoms with van der Waals surface area (Å²) >= 11 is 1.56. The highest BCUT2D eigenvalue weighted by atomic mass is 32.1. The molecule has 0 fully saturated rings. The van der Waals surface area contributed by atoms with Gasteiger partial charge in [0.1, 0.15) is 5.75 Å². The number of unbranched alkanes of at least 4 members (excludes halogenated alkanes) is 1. The molecule has 2 aromatic carbocycles. The van der Waals surface area contributed by atoms with E-state index in [0.29, 0.717) is 18.7 Å². The number of amides is 1. The molecule has 5 nitrogen and oxygen atoms in total. The number of fused-ring (bicyclic) bond motifs is 1. The number of nitrogens with zero attached hydrogens (tertiary/aromatic N) is 3. The van der Waals surface area contributed by atoms with E-state index in [1.807, 2.05) is 62.6 Å². The Labute approximate surface area is 176 Å². The Morgan fingerprint density at radius 3 is 2.48 bits per heavy atom. The molecule has 0 aliphatic heterocycles. The number of para-hydroxylation sites is 1. The highest BCUT2D eigenvalue weighted by Crippen LogP contribution is 2.30. The van der Waals surface area contributed by atoms with Crippen LogP contribution in [0.25, 0.3) is 10.2 Å². The van der Waals surface area contributed by atoms with Crippen LogP contribution in [0.1, 0.15) is 36.5 Å². The van der Waals surface area contributed by atoms with Gasteiger partial charge in [-0.15, -0.1) is 0 Å². The molecule has 0 unspecified atom stereocenters. The van der Waals surface area contributed by atoms with Crippen molar-refractivity contribution >= 4 is 32.6 Å². The smallest absolute Gasteiger partial charge is 0.260 e. The van der Waals surface area contributed by atoms with E-state index >= 15 is 0 Å². The molecule has 1 aromatic heterocycles. The van der Waals surface area contributed by atoms with Crippen LogP contribution in [0.2, 0.25) is 0 Å². The lowest BCUT2D eigenvalue weighted by molar-refractivity contribution is 0.0986. The fourth-order valence-corrected chi connectivity index (χ4v) is 3.98. The molecule has 0 saturated heterocycles. The first-order valence-electron chi connectivity index (χ1n) is 10.1. The Morgan fingerprint density at radius 2 is 1.79 bits per heavy atom. The second kappa shape index (κ2) is 10.4. The average molecular weight is 412 g/mol. The predicted octanol–water partition coefficient (Wildman–Crippen LogP) is 5.07. The van der Waals surface area contributed by atoms with Gasteiger partial charge in [0, 0.05) is 12.1 Å². The number of carbonyl (C=O) groups excluding carboxylic acids is 1. The third-order valence-corrected chi connectivity index (χ3v) is 5.67. The van der Waals surface area contributed by atoms with E-state index in [9.17, 15) is 4.79 Å². The zero-order valence-electron chi connectivity index (χ0n) is 17.4. The van der Waals surface area contributed by atoms with Crippen LogP contribution in [-0.4, -0.2) is 49.6 Å². The first-order chi connectivity index (χ1) is 14.1. The summed E-state index contributed by atoms with van der Waals surface area (Å²) in [5.74, 6) is 0.775. The molecule has 6 heteroatoms. The number of anilines is 1. The Hall–Kier alpha value is -2.44. The fourth-order valence-electron chi connectivity index (χ4n) is 2.99. The van der Waals surface area contributed by atoms with Gasteiger partial charge in [0.25, 0.3) is 5.91 Å². The van der Waals surface area contributed by atoms with Gasteiger partial charge in [0.15, 0.2) is 5.13 Å². The number of benzene rings is 2. The second-order valence-electron chi connectivity index (χ2n) is 7.30. The summed E-state index contributed by atoms with van der Waals surface area (Å²) in [6.07, 6.45) is 3.01. The molecule has 0 bridgehead atoms. The van der Waals surface area contributed by atoms with Crippen molar-refractivity contribution in [1.29, 1.82) is 0 Å². The summed E-state index contributed by atoms with van der Waals surface area (Å²) in [5, 5.41) is 0.748. The maximum Gasteiger partial charge on any atom is 0.260 e. The van der Waals surface area contributed by atoms with Gasteiger partial charge in [0.05, 0.1) is 16.8 Å². The van der Waals surface area contributed by atoms with Crippen molar-refractivity contribution in [3.05, 3.63) is 54.1 Å². The van der Waals surface area contributed by atoms with Crippen molar-refractivity contribution in [3.63, 3.8) is 0 Å². The fraction of sp³-hybridized carbons (Fsp3) is 0.391. The number of hydrogen-bond donors (Lipinski definition) is 0. The first-order valence-corrected chi connectivity index (χ1v) is 10.9. The molecular weight excluding hydrogens is 382 g/mol. The maximum atomic E-state index is 13.3. The van der Waals surface area contributed by atoms with E-state index < -0.39 is 0 Å². The maximum absolute atomic E-state index is 13.3. The normalized spacial score (nSPS) is 11.2. The molecule has 154 valence electrons. The van der Waals surface area contributed by atoms with E-state index in [4.69, 9.17) is 9.72 Å². The average Bonchev–Trinajstić information content (AvgIpc) is 3.15. The minimum absolute atomic E-state index is 0.0251. The standard InChI is InChI=1S/C23H29N3O2S/c1-4-5-17-28-19-13-11-18(12-14-19)22(27)26(16-8-15-25(2)3)23-24-20-9-6-7-10-21(20)29-23/h6-7,9-14H,4-5,8,15-17H2,1-3H3. The van der Waals surface area contributed by atoms with Gasteiger partial charge in [-0.1, -0.05) is 36.8 Å². The van der Waals surface area contributed by atoms with E-state index in [1.165, 1.54) is 0 Å². The minimum Gasteiger partial charge on any atom is -0.494 e. The molecule has 29 heavy (non-hydrogen) atoms. The van der Waals surface area contributed by atoms with E-state index in [0.717, 1.165) is 46.9 Å². The first kappa shape index (κ1) is 21.3. The van der Waals surface area contributed by atoms with Crippen LogP contribution in [0, 0.1) is 0 Å². The lowest BCUT2D eigenvalue weighted by Gasteiger charge is -2.21. The Bertz CT molecular complexity index is 888. The quantitative estimate of drug-likeness (QED) is 0.437. The zero-order chi connectivity index (χ0) is 20.6. The van der Waals surface area contributed by atoms with Crippen LogP contribution in [0.4, 0.5) is 5.13 Å². The lowest BCUT2D eigenvalue weighted by atomic mass is 10.2. The van der Waals surface area contributed by atoms with Crippen LogP contribution in [0.3, 0.4) is 0 Å². The van der Waals surface area contributed by atoms with Crippen molar-refractivity contribution in [1.82, 2.24) is 9.88 Å². The molecule has 0 atom stereocenters. The van der Waals surface area contributed by atoms with Gasteiger partial charge in [-0.3, -0.25) is 9.69 Å². The molecule has 0 aliphatic rings. The summed E-state index contributed by atoms with van der Waals surface area (Å²) in [7, 11) is 4.09. The van der Waals surface area contributed by atoms with Crippen molar-refractivity contribution in [3.8, 4) is 5.75 Å². The Kier molecular flexibility index (Phi) is 7.61. The Balaban J connectivity index is 1.79. The molecule has 0 aliphatic carbocycles. The number of carbonyl (C=O) groups is 1. The topological polar surface area (TPSA) is 45.7 Å². The number of hydrogen-bond acceptors (Lipinski definition) is 5. The summed E-state index contributed by atoms with van der Waals surface area (Å²) < 4.78 is 6.81. The number of rotatable bonds is 10. The van der Waals surface area contributed by atoms with Crippen LogP contribution in [-0.2, 0) is 0 Å². The molecule has 3 rings (SSSR count). The van der Waals surface area contributed by atoms with Gasteiger partial charge in [-0.05, 0) is 69.9 Å². The molecular formula is C23H29N3O2S. The minimum atomic E-state index is -0.0251. The van der Waals surface area contributed by atoms with Crippen molar-refractivity contribution in [2.75, 3.05) is 38.7 Å². The predicted molar refractivity (Wildman–Crippen MR) is 121 cm³/mol. The highest BCUT2D eigenvalue weighted by molar-refractivity contribution is 7.22. The van der Waals surface area contributed by atoms with Gasteiger partial charge in [-0.25, -0.2) is 4.98 Å². The molecule has 0 spiro atoms. The van der Waals surface area contributed by atoms with Gasteiger partial charge in [-0.2, -0.15) is 0 Å². The summed E-state index contributed by atoms with van der Waals surface area (Å²) in [4.78, 5) is 22.0. The van der Waals surface area contributed by atoms with E-state index in [1.54, 1.807) is 16.2 Å². The molecule has 1 amide bonds. The Morgan fingerprint density at radius 1 is 1.03 bits per heavy atom. The van der Waals surface area contributed by atoms with Gasteiger partial charge < -0.3 is 9.64 Å². The monoisotopic (exact) mass is 411 g/mol. The number of ether oxygens (including phenoxy) is 1. The van der Waals surface area contributed by atoms with Gasteiger partial charge in [0.2, 0.25) is 0 Å². The van der Waals surface area contributed by atoms with Crippen molar-refractivity contribution < 1.29 is 9.53 Å². The van der Waals surface area contributed by atoms with Crippen molar-refractivity contribution in [2.45, 2.75) is 26.2 Å². The molecule has 0 saturated carbocycles. The molecule has 1 heterocycles. The third kappa shape index (κ3) is 5.78. The highest BCUT2D eigenvalue weighted by Gasteiger charge is 2.21. The van der Waals surface area contributed by atoms with E-state index in [-0.39, 0.29) is 5.91 Å². The SMILES string of the molecule is CCCCOc1ccc(C(=O)N(CCCN(C)C)c2nc3ccccc3s2)cc1. The largest absolute Gasteiger partial charge is 0.494 e. The summed E-state index contributed by atoms with van der Waals surface area (Å²) in [6.45, 7) is 4.38. The molecule has 0 radical (unpaired) electrons. The van der Waals surface area contributed by atoms with Crippen LogP contribution >= 0.6 is 11.3 Å². The molecule has 0 N–H and O–H groups in total.